The van der Waals surface area contributed by atoms with Crippen LogP contribution in [0.25, 0.3) is 0 Å². The molecule has 0 spiro atoms. The zero-order valence-corrected chi connectivity index (χ0v) is 11.8. The van der Waals surface area contributed by atoms with E-state index in [9.17, 15) is 9.59 Å². The van der Waals surface area contributed by atoms with E-state index in [2.05, 4.69) is 16.0 Å². The Kier molecular flexibility index (Phi) is 6.86. The lowest BCUT2D eigenvalue weighted by molar-refractivity contribution is -0.122. The number of rotatable bonds is 5. The number of hydrogen-bond donors (Lipinski definition) is 4. The number of hydrogen-bond acceptors (Lipinski definition) is 4. The standard InChI is InChI=1S/C12H25N3O3/c1-8(10(17)15-11(18)13-5)14-9(6-7-16)12(2,3)4/h8-9,14,16H,6-7H2,1-5H3,(H2,13,15,17,18). The molecular weight excluding hydrogens is 234 g/mol. The van der Waals surface area contributed by atoms with E-state index in [0.29, 0.717) is 6.42 Å². The van der Waals surface area contributed by atoms with E-state index >= 15 is 0 Å². The first kappa shape index (κ1) is 16.9. The summed E-state index contributed by atoms with van der Waals surface area (Å²) >= 11 is 0. The molecule has 0 fully saturated rings. The Morgan fingerprint density at radius 2 is 1.83 bits per heavy atom. The maximum atomic E-state index is 11.7. The van der Waals surface area contributed by atoms with Crippen molar-refractivity contribution in [1.82, 2.24) is 16.0 Å². The molecule has 2 unspecified atom stereocenters. The molecule has 0 rings (SSSR count). The molecule has 106 valence electrons. The third-order valence-electron chi connectivity index (χ3n) is 2.77. The van der Waals surface area contributed by atoms with E-state index in [-0.39, 0.29) is 24.0 Å². The van der Waals surface area contributed by atoms with Crippen LogP contribution < -0.4 is 16.0 Å². The zero-order valence-electron chi connectivity index (χ0n) is 11.8. The van der Waals surface area contributed by atoms with Crippen LogP contribution in [0, 0.1) is 5.41 Å². The summed E-state index contributed by atoms with van der Waals surface area (Å²) in [6, 6.07) is -1.03. The predicted molar refractivity (Wildman–Crippen MR) is 70.1 cm³/mol. The van der Waals surface area contributed by atoms with Gasteiger partial charge >= 0.3 is 6.03 Å². The van der Waals surface area contributed by atoms with Gasteiger partial charge in [-0.25, -0.2) is 4.79 Å². The molecule has 18 heavy (non-hydrogen) atoms. The van der Waals surface area contributed by atoms with Crippen LogP contribution >= 0.6 is 0 Å². The van der Waals surface area contributed by atoms with E-state index in [0.717, 1.165) is 0 Å². The number of urea groups is 1. The van der Waals surface area contributed by atoms with Gasteiger partial charge in [0.2, 0.25) is 5.91 Å². The third-order valence-corrected chi connectivity index (χ3v) is 2.77. The summed E-state index contributed by atoms with van der Waals surface area (Å²) in [6.07, 6.45) is 0.557. The van der Waals surface area contributed by atoms with Gasteiger partial charge in [-0.15, -0.1) is 0 Å². The van der Waals surface area contributed by atoms with Gasteiger partial charge in [-0.05, 0) is 18.8 Å². The Hall–Kier alpha value is -1.14. The first-order valence-electron chi connectivity index (χ1n) is 6.11. The van der Waals surface area contributed by atoms with Crippen molar-refractivity contribution < 1.29 is 14.7 Å². The lowest BCUT2D eigenvalue weighted by Crippen LogP contribution is -2.53. The van der Waals surface area contributed by atoms with Crippen molar-refractivity contribution in [1.29, 1.82) is 0 Å². The van der Waals surface area contributed by atoms with E-state index in [1.54, 1.807) is 6.92 Å². The molecule has 0 aromatic carbocycles. The van der Waals surface area contributed by atoms with Crippen molar-refractivity contribution in [3.05, 3.63) is 0 Å². The molecule has 0 aliphatic heterocycles. The fraction of sp³-hybridized carbons (Fsp3) is 0.833. The highest BCUT2D eigenvalue weighted by molar-refractivity contribution is 5.96. The second-order valence-corrected chi connectivity index (χ2v) is 5.39. The fourth-order valence-electron chi connectivity index (χ4n) is 1.56. The normalized spacial score (nSPS) is 14.8. The molecule has 0 bridgehead atoms. The smallest absolute Gasteiger partial charge is 0.321 e. The maximum Gasteiger partial charge on any atom is 0.321 e. The minimum absolute atomic E-state index is 0.00654. The van der Waals surface area contributed by atoms with E-state index in [4.69, 9.17) is 5.11 Å². The van der Waals surface area contributed by atoms with Gasteiger partial charge in [0.25, 0.3) is 0 Å². The summed E-state index contributed by atoms with van der Waals surface area (Å²) in [5.41, 5.74) is -0.0791. The van der Waals surface area contributed by atoms with E-state index in [1.165, 1.54) is 7.05 Å². The lowest BCUT2D eigenvalue weighted by atomic mass is 9.84. The van der Waals surface area contributed by atoms with Gasteiger partial charge in [-0.3, -0.25) is 10.1 Å². The summed E-state index contributed by atoms with van der Waals surface area (Å²) < 4.78 is 0. The highest BCUT2D eigenvalue weighted by atomic mass is 16.3. The summed E-state index contributed by atoms with van der Waals surface area (Å²) in [4.78, 5) is 22.7. The monoisotopic (exact) mass is 259 g/mol. The minimum atomic E-state index is -0.525. The number of nitrogens with one attached hydrogen (secondary N) is 3. The molecule has 0 aromatic heterocycles. The number of aliphatic hydroxyl groups excluding tert-OH is 1. The third kappa shape index (κ3) is 5.97. The Bertz CT molecular complexity index is 287. The zero-order chi connectivity index (χ0) is 14.3. The van der Waals surface area contributed by atoms with Gasteiger partial charge in [0.05, 0.1) is 6.04 Å². The SMILES string of the molecule is CNC(=O)NC(=O)C(C)NC(CCO)C(C)(C)C. The van der Waals surface area contributed by atoms with Crippen molar-refractivity contribution >= 4 is 11.9 Å². The largest absolute Gasteiger partial charge is 0.396 e. The summed E-state index contributed by atoms with van der Waals surface area (Å²) in [5.74, 6) is -0.387. The molecule has 0 heterocycles. The Balaban J connectivity index is 4.45. The van der Waals surface area contributed by atoms with Gasteiger partial charge in [-0.2, -0.15) is 0 Å². The van der Waals surface area contributed by atoms with Crippen LogP contribution in [0.15, 0.2) is 0 Å². The summed E-state index contributed by atoms with van der Waals surface area (Å²) in [7, 11) is 1.45. The van der Waals surface area contributed by atoms with Crippen LogP contribution in [0.5, 0.6) is 0 Å². The second-order valence-electron chi connectivity index (χ2n) is 5.39. The Morgan fingerprint density at radius 3 is 2.22 bits per heavy atom. The topological polar surface area (TPSA) is 90.5 Å². The lowest BCUT2D eigenvalue weighted by Gasteiger charge is -2.33. The fourth-order valence-corrected chi connectivity index (χ4v) is 1.56. The van der Waals surface area contributed by atoms with Gasteiger partial charge < -0.3 is 15.7 Å². The number of aliphatic hydroxyl groups is 1. The highest BCUT2D eigenvalue weighted by Gasteiger charge is 2.27. The average Bonchev–Trinajstić information content (AvgIpc) is 2.26. The molecule has 6 heteroatoms. The summed E-state index contributed by atoms with van der Waals surface area (Å²) in [5, 5.41) is 16.7. The van der Waals surface area contributed by atoms with Crippen LogP contribution in [0.1, 0.15) is 34.1 Å². The van der Waals surface area contributed by atoms with Crippen molar-refractivity contribution in [2.75, 3.05) is 13.7 Å². The van der Waals surface area contributed by atoms with Crippen LogP contribution in [0.4, 0.5) is 4.79 Å². The van der Waals surface area contributed by atoms with Gasteiger partial charge in [0.15, 0.2) is 0 Å². The molecule has 0 radical (unpaired) electrons. The van der Waals surface area contributed by atoms with Gasteiger partial charge in [0, 0.05) is 19.7 Å². The number of carbonyl (C=O) groups excluding carboxylic acids is 2. The molecule has 4 N–H and O–H groups in total. The number of carbonyl (C=O) groups is 2. The number of imide groups is 1. The average molecular weight is 259 g/mol. The molecule has 2 atom stereocenters. The molecule has 0 aliphatic rings. The van der Waals surface area contributed by atoms with E-state index in [1.807, 2.05) is 20.8 Å². The first-order chi connectivity index (χ1) is 8.22. The van der Waals surface area contributed by atoms with Crippen LogP contribution in [-0.2, 0) is 4.79 Å². The van der Waals surface area contributed by atoms with Gasteiger partial charge in [-0.1, -0.05) is 20.8 Å². The van der Waals surface area contributed by atoms with Crippen LogP contribution in [0.3, 0.4) is 0 Å². The van der Waals surface area contributed by atoms with Crippen molar-refractivity contribution in [2.45, 2.75) is 46.2 Å². The quantitative estimate of drug-likeness (QED) is 0.568. The molecular formula is C12H25N3O3. The summed E-state index contributed by atoms with van der Waals surface area (Å²) in [6.45, 7) is 7.84. The van der Waals surface area contributed by atoms with E-state index < -0.39 is 12.1 Å². The molecule has 0 saturated heterocycles. The molecule has 3 amide bonds. The molecule has 6 nitrogen and oxygen atoms in total. The maximum absolute atomic E-state index is 11.7. The number of amides is 3. The Labute approximate surface area is 109 Å². The first-order valence-corrected chi connectivity index (χ1v) is 6.11. The molecule has 0 aliphatic carbocycles. The second kappa shape index (κ2) is 7.33. The van der Waals surface area contributed by atoms with Crippen molar-refractivity contribution in [3.8, 4) is 0 Å². The highest BCUT2D eigenvalue weighted by Crippen LogP contribution is 2.22. The van der Waals surface area contributed by atoms with Gasteiger partial charge in [0.1, 0.15) is 0 Å². The molecule has 0 aromatic rings. The Morgan fingerprint density at radius 1 is 1.28 bits per heavy atom. The van der Waals surface area contributed by atoms with Crippen molar-refractivity contribution in [2.24, 2.45) is 5.41 Å². The van der Waals surface area contributed by atoms with Crippen LogP contribution in [-0.4, -0.2) is 42.8 Å². The minimum Gasteiger partial charge on any atom is -0.396 e. The van der Waals surface area contributed by atoms with Crippen molar-refractivity contribution in [3.63, 3.8) is 0 Å². The van der Waals surface area contributed by atoms with Crippen LogP contribution in [0.2, 0.25) is 0 Å². The predicted octanol–water partition coefficient (Wildman–Crippen LogP) is 0.217. The molecule has 0 saturated carbocycles.